The van der Waals surface area contributed by atoms with E-state index in [2.05, 4.69) is 16.0 Å². The van der Waals surface area contributed by atoms with Gasteiger partial charge in [-0.1, -0.05) is 0 Å². The molecule has 0 aromatic carbocycles. The number of hydrogen-bond donors (Lipinski definition) is 19. The van der Waals surface area contributed by atoms with Crippen molar-refractivity contribution in [3.63, 3.8) is 0 Å². The van der Waals surface area contributed by atoms with Crippen LogP contribution in [0.3, 0.4) is 0 Å². The molecule has 75 heavy (non-hydrogen) atoms. The molecule has 6 rings (SSSR count). The summed E-state index contributed by atoms with van der Waals surface area (Å²) in [6.45, 7) is -0.0887. The molecule has 0 aliphatic carbocycles. The van der Waals surface area contributed by atoms with Gasteiger partial charge in [0.05, 0.1) is 39.1 Å². The Morgan fingerprint density at radius 1 is 0.373 bits per heavy atom. The smallest absolute Gasteiger partial charge is 0.217 e. The van der Waals surface area contributed by atoms with Gasteiger partial charge in [0.2, 0.25) is 17.7 Å². The second kappa shape index (κ2) is 26.5. The standard InChI is InChI=1S/C42H71N3O30/c1-10-22(53)28(59)31(62)40(66-10)75-36-29(60)24(55)15(6-47)69-42(36)74-35-21(45-13(4)52)37(64)67-18(25(35)56)9-65-38-20(44-12(3)51)27(58)33(16(7-48)70-38)73-41-32(63)30(61)34(17(8-49)71-41)72-39-19(43-11(2)50)26(57)23(54)14(5-46)68-39/h10,14-42,46-49,53-64H,5-9H2,1-4H3,(H,43,50)(H,44,51)(H,45,52)/t10-,14+,15+,16+,17+,18+,19+,20+,21+,22+,23-,24-,25-,26+,27+,28+,29-,30+,31-,32+,33+,34-,35+,36+,37?,38+,39-,40-,41-,42-/m0/s1. The molecule has 0 aromatic heterocycles. The average Bonchev–Trinajstić information content (AvgIpc) is 3.36. The summed E-state index contributed by atoms with van der Waals surface area (Å²) in [5.74, 6) is -2.31. The Morgan fingerprint density at radius 3 is 1.35 bits per heavy atom. The van der Waals surface area contributed by atoms with E-state index in [0.29, 0.717) is 0 Å². The minimum absolute atomic E-state index is 0.714. The van der Waals surface area contributed by atoms with E-state index in [1.807, 2.05) is 0 Å². The van der Waals surface area contributed by atoms with Gasteiger partial charge < -0.3 is 150 Å². The SMILES string of the molecule is CC(=O)N[C@H]1[C@H](OC[C@H]2OC(O)[C@H](NC(C)=O)[C@@H](O[C@@H]3O[C@H](CO)[C@H](O)[C@H](O)[C@H]3O[C@@H]3O[C@@H](C)[C@@H](O)[C@@H](O)[C@@H]3O)[C@H]2O)O[C@H](CO)[C@@H](O[C@@H]2O[C@H](CO)[C@H](O[C@@H]3O[C@H](CO)[C@H](O)[C@H](O)[C@H]3NC(C)=O)[C@H](O)[C@H]2O)[C@@H]1O. The number of carbonyl (C=O) groups excluding carboxylic acids is 3. The van der Waals surface area contributed by atoms with Crippen LogP contribution in [-0.2, 0) is 66.5 Å². The lowest BCUT2D eigenvalue weighted by atomic mass is 9.94. The third-order valence-corrected chi connectivity index (χ3v) is 13.6. The second-order valence-corrected chi connectivity index (χ2v) is 19.0. The maximum atomic E-state index is 12.5. The minimum atomic E-state index is -2.13. The van der Waals surface area contributed by atoms with Crippen molar-refractivity contribution in [1.29, 1.82) is 0 Å². The lowest BCUT2D eigenvalue weighted by Gasteiger charge is -2.49. The number of nitrogens with one attached hydrogen (secondary N) is 3. The molecule has 1 unspecified atom stereocenters. The van der Waals surface area contributed by atoms with Crippen molar-refractivity contribution in [2.75, 3.05) is 33.0 Å². The van der Waals surface area contributed by atoms with Crippen molar-refractivity contribution in [3.05, 3.63) is 0 Å². The predicted octanol–water partition coefficient (Wildman–Crippen LogP) is -12.6. The molecule has 6 aliphatic heterocycles. The summed E-state index contributed by atoms with van der Waals surface area (Å²) in [6.07, 6.45) is -48.8. The number of aliphatic hydroxyl groups is 16. The van der Waals surface area contributed by atoms with Crippen molar-refractivity contribution in [2.24, 2.45) is 0 Å². The summed E-state index contributed by atoms with van der Waals surface area (Å²) in [5, 5.41) is 179. The Kier molecular flexibility index (Phi) is 21.8. The predicted molar refractivity (Wildman–Crippen MR) is 233 cm³/mol. The molecule has 0 spiro atoms. The fourth-order valence-corrected chi connectivity index (χ4v) is 9.55. The van der Waals surface area contributed by atoms with Crippen LogP contribution < -0.4 is 16.0 Å². The van der Waals surface area contributed by atoms with Gasteiger partial charge in [-0.25, -0.2) is 0 Å². The molecule has 434 valence electrons. The van der Waals surface area contributed by atoms with Gasteiger partial charge in [0, 0.05) is 20.8 Å². The maximum absolute atomic E-state index is 12.5. The normalized spacial score (nSPS) is 48.6. The molecule has 0 saturated carbocycles. The number of rotatable bonds is 18. The monoisotopic (exact) mass is 1100 g/mol. The Balaban J connectivity index is 1.18. The fraction of sp³-hybridized carbons (Fsp3) is 0.929. The van der Waals surface area contributed by atoms with Gasteiger partial charge in [-0.15, -0.1) is 0 Å². The van der Waals surface area contributed by atoms with E-state index < -0.39 is 235 Å². The Bertz CT molecular complexity index is 1850. The molecule has 6 aliphatic rings. The first-order valence-corrected chi connectivity index (χ1v) is 23.9. The number of hydrogen-bond acceptors (Lipinski definition) is 30. The van der Waals surface area contributed by atoms with Crippen LogP contribution in [0.1, 0.15) is 27.7 Å². The van der Waals surface area contributed by atoms with Gasteiger partial charge in [-0.3, -0.25) is 14.4 Å². The maximum Gasteiger partial charge on any atom is 0.217 e. The second-order valence-electron chi connectivity index (χ2n) is 19.0. The molecule has 33 heteroatoms. The highest BCUT2D eigenvalue weighted by atomic mass is 16.8. The van der Waals surface area contributed by atoms with Gasteiger partial charge in [-0.2, -0.15) is 0 Å². The lowest BCUT2D eigenvalue weighted by Crippen LogP contribution is -2.70. The van der Waals surface area contributed by atoms with Crippen LogP contribution in [0.5, 0.6) is 0 Å². The average molecular weight is 1100 g/mol. The van der Waals surface area contributed by atoms with E-state index in [0.717, 1.165) is 20.8 Å². The van der Waals surface area contributed by atoms with Crippen molar-refractivity contribution in [3.8, 4) is 0 Å². The molecule has 30 atom stereocenters. The summed E-state index contributed by atoms with van der Waals surface area (Å²) >= 11 is 0. The van der Waals surface area contributed by atoms with E-state index in [-0.39, 0.29) is 0 Å². The molecule has 6 fully saturated rings. The van der Waals surface area contributed by atoms with E-state index in [4.69, 9.17) is 52.1 Å². The molecule has 19 N–H and O–H groups in total. The zero-order valence-electron chi connectivity index (χ0n) is 40.7. The third-order valence-electron chi connectivity index (χ3n) is 13.6. The van der Waals surface area contributed by atoms with Crippen LogP contribution in [0, 0.1) is 0 Å². The van der Waals surface area contributed by atoms with Gasteiger partial charge in [-0.05, 0) is 6.92 Å². The van der Waals surface area contributed by atoms with Crippen molar-refractivity contribution >= 4 is 17.7 Å². The summed E-state index contributed by atoms with van der Waals surface area (Å²) in [4.78, 5) is 36.9. The summed E-state index contributed by atoms with van der Waals surface area (Å²) in [6, 6.07) is -4.85. The summed E-state index contributed by atoms with van der Waals surface area (Å²) < 4.78 is 63.3. The molecule has 33 nitrogen and oxygen atoms in total. The summed E-state index contributed by atoms with van der Waals surface area (Å²) in [7, 11) is 0. The zero-order chi connectivity index (χ0) is 55.5. The van der Waals surface area contributed by atoms with Crippen LogP contribution in [0.15, 0.2) is 0 Å². The molecule has 6 saturated heterocycles. The van der Waals surface area contributed by atoms with Crippen LogP contribution in [0.4, 0.5) is 0 Å². The van der Waals surface area contributed by atoms with Gasteiger partial charge in [0.15, 0.2) is 37.7 Å². The highest BCUT2D eigenvalue weighted by Crippen LogP contribution is 2.36. The molecular formula is C42H71N3O30. The number of amides is 3. The topological polar surface area (TPSA) is 513 Å². The quantitative estimate of drug-likeness (QED) is 0.0606. The number of carbonyl (C=O) groups is 3. The highest BCUT2D eigenvalue weighted by molar-refractivity contribution is 5.74. The van der Waals surface area contributed by atoms with Crippen LogP contribution in [0.2, 0.25) is 0 Å². The van der Waals surface area contributed by atoms with E-state index in [1.165, 1.54) is 6.92 Å². The third kappa shape index (κ3) is 13.7. The van der Waals surface area contributed by atoms with Crippen LogP contribution in [0.25, 0.3) is 0 Å². The molecule has 0 aromatic rings. The van der Waals surface area contributed by atoms with Crippen molar-refractivity contribution in [1.82, 2.24) is 16.0 Å². The largest absolute Gasteiger partial charge is 0.394 e. The first-order chi connectivity index (χ1) is 35.4. The fourth-order valence-electron chi connectivity index (χ4n) is 9.55. The minimum Gasteiger partial charge on any atom is -0.394 e. The van der Waals surface area contributed by atoms with E-state index in [1.54, 1.807) is 0 Å². The van der Waals surface area contributed by atoms with Gasteiger partial charge in [0.25, 0.3) is 0 Å². The van der Waals surface area contributed by atoms with Gasteiger partial charge in [0.1, 0.15) is 140 Å². The zero-order valence-corrected chi connectivity index (χ0v) is 40.7. The molecule has 3 amide bonds. The molecular weight excluding hydrogens is 1030 g/mol. The molecule has 0 bridgehead atoms. The van der Waals surface area contributed by atoms with Crippen LogP contribution >= 0.6 is 0 Å². The first-order valence-electron chi connectivity index (χ1n) is 23.9. The molecule has 6 heterocycles. The van der Waals surface area contributed by atoms with Crippen molar-refractivity contribution < 1.29 is 148 Å². The van der Waals surface area contributed by atoms with Crippen molar-refractivity contribution in [2.45, 2.75) is 212 Å². The van der Waals surface area contributed by atoms with E-state index >= 15 is 0 Å². The van der Waals surface area contributed by atoms with Crippen LogP contribution in [-0.4, -0.2) is 317 Å². The van der Waals surface area contributed by atoms with E-state index in [9.17, 15) is 96.1 Å². The lowest BCUT2D eigenvalue weighted by molar-refractivity contribution is -0.381. The molecule has 0 radical (unpaired) electrons. The Morgan fingerprint density at radius 2 is 0.787 bits per heavy atom. The summed E-state index contributed by atoms with van der Waals surface area (Å²) in [5.41, 5.74) is 0. The Hall–Kier alpha value is -2.67. The number of ether oxygens (including phenoxy) is 11. The van der Waals surface area contributed by atoms with Gasteiger partial charge >= 0.3 is 0 Å². The Labute approximate surface area is 426 Å². The number of aliphatic hydroxyl groups excluding tert-OH is 16. The highest BCUT2D eigenvalue weighted by Gasteiger charge is 2.57. The first kappa shape index (κ1) is 61.5.